The number of rotatable bonds is 10. The SMILES string of the molecule is CCOc1ccccc1CNC(=O)[C@@H]1CCCN(S(=O)(=O)N(CC)c2ccc(OC)cc2)C1. The van der Waals surface area contributed by atoms with Gasteiger partial charge >= 0.3 is 10.2 Å². The van der Waals surface area contributed by atoms with Crippen LogP contribution < -0.4 is 19.1 Å². The summed E-state index contributed by atoms with van der Waals surface area (Å²) in [6.45, 7) is 5.44. The molecule has 180 valence electrons. The number of piperidine rings is 1. The van der Waals surface area contributed by atoms with Crippen molar-refractivity contribution >= 4 is 21.8 Å². The maximum absolute atomic E-state index is 13.4. The van der Waals surface area contributed by atoms with Gasteiger partial charge in [-0.15, -0.1) is 0 Å². The van der Waals surface area contributed by atoms with E-state index in [1.807, 2.05) is 31.2 Å². The van der Waals surface area contributed by atoms with Gasteiger partial charge in [0.15, 0.2) is 0 Å². The van der Waals surface area contributed by atoms with Crippen LogP contribution in [0.3, 0.4) is 0 Å². The lowest BCUT2D eigenvalue weighted by molar-refractivity contribution is -0.126. The first kappa shape index (κ1) is 24.9. The highest BCUT2D eigenvalue weighted by molar-refractivity contribution is 7.90. The molecule has 0 bridgehead atoms. The van der Waals surface area contributed by atoms with Crippen LogP contribution in [0.4, 0.5) is 5.69 Å². The Labute approximate surface area is 196 Å². The average Bonchev–Trinajstić information content (AvgIpc) is 2.84. The normalized spacial score (nSPS) is 16.8. The highest BCUT2D eigenvalue weighted by Crippen LogP contribution is 2.27. The lowest BCUT2D eigenvalue weighted by atomic mass is 9.98. The molecule has 2 aromatic carbocycles. The molecule has 0 unspecified atom stereocenters. The highest BCUT2D eigenvalue weighted by Gasteiger charge is 2.35. The molecule has 9 heteroatoms. The lowest BCUT2D eigenvalue weighted by Gasteiger charge is -2.35. The number of anilines is 1. The van der Waals surface area contributed by atoms with Crippen LogP contribution in [0.25, 0.3) is 0 Å². The fourth-order valence-corrected chi connectivity index (χ4v) is 5.73. The number of amides is 1. The van der Waals surface area contributed by atoms with Crippen molar-refractivity contribution in [2.75, 3.05) is 37.7 Å². The molecule has 33 heavy (non-hydrogen) atoms. The molecule has 0 spiro atoms. The summed E-state index contributed by atoms with van der Waals surface area (Å²) >= 11 is 0. The quantitative estimate of drug-likeness (QED) is 0.570. The van der Waals surface area contributed by atoms with Gasteiger partial charge < -0.3 is 14.8 Å². The molecule has 1 atom stereocenters. The van der Waals surface area contributed by atoms with E-state index in [0.717, 1.165) is 11.3 Å². The van der Waals surface area contributed by atoms with Crippen molar-refractivity contribution < 1.29 is 22.7 Å². The number of nitrogens with zero attached hydrogens (tertiary/aromatic N) is 2. The maximum atomic E-state index is 13.4. The third-order valence-electron chi connectivity index (χ3n) is 5.73. The summed E-state index contributed by atoms with van der Waals surface area (Å²) in [6.07, 6.45) is 1.28. The van der Waals surface area contributed by atoms with Crippen molar-refractivity contribution in [3.8, 4) is 11.5 Å². The molecule has 1 aliphatic rings. The minimum Gasteiger partial charge on any atom is -0.497 e. The summed E-state index contributed by atoms with van der Waals surface area (Å²) in [5.41, 5.74) is 1.46. The van der Waals surface area contributed by atoms with Gasteiger partial charge in [-0.3, -0.25) is 9.10 Å². The van der Waals surface area contributed by atoms with Crippen molar-refractivity contribution in [1.29, 1.82) is 0 Å². The first-order chi connectivity index (χ1) is 15.9. The van der Waals surface area contributed by atoms with Gasteiger partial charge in [-0.1, -0.05) is 18.2 Å². The zero-order valence-corrected chi connectivity index (χ0v) is 20.3. The number of carbonyl (C=O) groups is 1. The van der Waals surface area contributed by atoms with E-state index in [-0.39, 0.29) is 19.0 Å². The van der Waals surface area contributed by atoms with Gasteiger partial charge in [-0.05, 0) is 57.0 Å². The average molecular weight is 476 g/mol. The van der Waals surface area contributed by atoms with Gasteiger partial charge in [-0.2, -0.15) is 12.7 Å². The number of benzene rings is 2. The van der Waals surface area contributed by atoms with Gasteiger partial charge in [0, 0.05) is 31.7 Å². The molecule has 0 aliphatic carbocycles. The van der Waals surface area contributed by atoms with Gasteiger partial charge in [0.25, 0.3) is 0 Å². The lowest BCUT2D eigenvalue weighted by Crippen LogP contribution is -2.50. The summed E-state index contributed by atoms with van der Waals surface area (Å²) in [5, 5.41) is 2.96. The molecule has 8 nitrogen and oxygen atoms in total. The van der Waals surface area contributed by atoms with E-state index >= 15 is 0 Å². The van der Waals surface area contributed by atoms with Crippen LogP contribution in [-0.4, -0.2) is 52.0 Å². The third kappa shape index (κ3) is 5.97. The summed E-state index contributed by atoms with van der Waals surface area (Å²) in [5.74, 6) is 0.857. The summed E-state index contributed by atoms with van der Waals surface area (Å²) < 4.78 is 40.4. The van der Waals surface area contributed by atoms with Gasteiger partial charge in [0.05, 0.1) is 25.3 Å². The summed E-state index contributed by atoms with van der Waals surface area (Å²) in [6, 6.07) is 14.5. The smallest absolute Gasteiger partial charge is 0.304 e. The van der Waals surface area contributed by atoms with Gasteiger partial charge in [-0.25, -0.2) is 0 Å². The Hall–Kier alpha value is -2.78. The molecule has 1 N–H and O–H groups in total. The Balaban J connectivity index is 1.67. The number of carbonyl (C=O) groups excluding carboxylic acids is 1. The van der Waals surface area contributed by atoms with Crippen molar-refractivity contribution in [3.63, 3.8) is 0 Å². The molecule has 3 rings (SSSR count). The second kappa shape index (κ2) is 11.4. The van der Waals surface area contributed by atoms with E-state index in [0.29, 0.717) is 44.0 Å². The fourth-order valence-electron chi connectivity index (χ4n) is 4.01. The largest absolute Gasteiger partial charge is 0.497 e. The van der Waals surface area contributed by atoms with Crippen LogP contribution in [0.5, 0.6) is 11.5 Å². The molecular formula is C24H33N3O5S. The van der Waals surface area contributed by atoms with Gasteiger partial charge in [0.1, 0.15) is 11.5 Å². The maximum Gasteiger partial charge on any atom is 0.304 e. The van der Waals surface area contributed by atoms with Crippen LogP contribution in [0.1, 0.15) is 32.3 Å². The number of hydrogen-bond acceptors (Lipinski definition) is 5. The van der Waals surface area contributed by atoms with E-state index in [1.165, 1.54) is 8.61 Å². The minimum atomic E-state index is -3.77. The molecule has 1 heterocycles. The number of nitrogens with one attached hydrogen (secondary N) is 1. The van der Waals surface area contributed by atoms with E-state index in [1.54, 1.807) is 38.3 Å². The second-order valence-electron chi connectivity index (χ2n) is 7.83. The number of para-hydroxylation sites is 1. The molecule has 1 fully saturated rings. The predicted molar refractivity (Wildman–Crippen MR) is 129 cm³/mol. The van der Waals surface area contributed by atoms with E-state index in [2.05, 4.69) is 5.32 Å². The van der Waals surface area contributed by atoms with Crippen molar-refractivity contribution in [3.05, 3.63) is 54.1 Å². The molecule has 1 amide bonds. The van der Waals surface area contributed by atoms with Crippen LogP contribution >= 0.6 is 0 Å². The van der Waals surface area contributed by atoms with Crippen LogP contribution in [0, 0.1) is 5.92 Å². The Bertz CT molecular complexity index is 1030. The Morgan fingerprint density at radius 2 is 1.88 bits per heavy atom. The number of hydrogen-bond donors (Lipinski definition) is 1. The van der Waals surface area contributed by atoms with Crippen molar-refractivity contribution in [2.45, 2.75) is 33.2 Å². The molecular weight excluding hydrogens is 442 g/mol. The minimum absolute atomic E-state index is 0.145. The second-order valence-corrected chi connectivity index (χ2v) is 9.68. The first-order valence-electron chi connectivity index (χ1n) is 11.3. The molecule has 0 aromatic heterocycles. The first-order valence-corrected chi connectivity index (χ1v) is 12.7. The van der Waals surface area contributed by atoms with Gasteiger partial charge in [0.2, 0.25) is 5.91 Å². The fraction of sp³-hybridized carbons (Fsp3) is 0.458. The van der Waals surface area contributed by atoms with E-state index in [4.69, 9.17) is 9.47 Å². The van der Waals surface area contributed by atoms with Crippen molar-refractivity contribution in [1.82, 2.24) is 9.62 Å². The molecule has 1 saturated heterocycles. The Kier molecular flexibility index (Phi) is 8.57. The van der Waals surface area contributed by atoms with Crippen LogP contribution in [-0.2, 0) is 21.5 Å². The van der Waals surface area contributed by atoms with Crippen molar-refractivity contribution in [2.24, 2.45) is 5.92 Å². The zero-order chi connectivity index (χ0) is 23.8. The third-order valence-corrected chi connectivity index (χ3v) is 7.74. The number of ether oxygens (including phenoxy) is 2. The monoisotopic (exact) mass is 475 g/mol. The topological polar surface area (TPSA) is 88.2 Å². The number of methoxy groups -OCH3 is 1. The van der Waals surface area contributed by atoms with Crippen LogP contribution in [0.15, 0.2) is 48.5 Å². The summed E-state index contributed by atoms with van der Waals surface area (Å²) in [4.78, 5) is 12.9. The standard InChI is InChI=1S/C24H33N3O5S/c1-4-27(21-12-14-22(31-3)15-13-21)33(29,30)26-16-8-10-20(18-26)24(28)25-17-19-9-6-7-11-23(19)32-5-2/h6-7,9,11-15,20H,4-5,8,10,16-18H2,1-3H3,(H,25,28)/t20-/m1/s1. The molecule has 2 aromatic rings. The molecule has 1 aliphatic heterocycles. The summed E-state index contributed by atoms with van der Waals surface area (Å²) in [7, 11) is -2.20. The van der Waals surface area contributed by atoms with E-state index in [9.17, 15) is 13.2 Å². The highest BCUT2D eigenvalue weighted by atomic mass is 32.2. The van der Waals surface area contributed by atoms with E-state index < -0.39 is 16.1 Å². The predicted octanol–water partition coefficient (Wildman–Crippen LogP) is 3.19. The molecule has 0 radical (unpaired) electrons. The van der Waals surface area contributed by atoms with Crippen LogP contribution in [0.2, 0.25) is 0 Å². The zero-order valence-electron chi connectivity index (χ0n) is 19.5. The molecule has 0 saturated carbocycles. The Morgan fingerprint density at radius 3 is 2.55 bits per heavy atom. The Morgan fingerprint density at radius 1 is 1.15 bits per heavy atom.